The van der Waals surface area contributed by atoms with Gasteiger partial charge in [-0.25, -0.2) is 13.2 Å². The molecule has 0 saturated carbocycles. The molecule has 28 heavy (non-hydrogen) atoms. The van der Waals surface area contributed by atoms with Crippen molar-refractivity contribution in [3.05, 3.63) is 65.1 Å². The van der Waals surface area contributed by atoms with Gasteiger partial charge >= 0.3 is 5.69 Å². The van der Waals surface area contributed by atoms with Crippen LogP contribution >= 0.6 is 0 Å². The van der Waals surface area contributed by atoms with Gasteiger partial charge in [-0.1, -0.05) is 30.3 Å². The Kier molecular flexibility index (Phi) is 5.37. The van der Waals surface area contributed by atoms with Crippen molar-refractivity contribution in [2.24, 2.45) is 0 Å². The largest absolute Gasteiger partial charge is 0.326 e. The Morgan fingerprint density at radius 3 is 2.39 bits per heavy atom. The molecule has 0 aliphatic carbocycles. The van der Waals surface area contributed by atoms with Crippen LogP contribution in [0.1, 0.15) is 25.3 Å². The number of piperidine rings is 1. The number of imidazole rings is 1. The lowest BCUT2D eigenvalue weighted by molar-refractivity contribution is 0.187. The highest BCUT2D eigenvalue weighted by Gasteiger charge is 2.23. The number of H-pyrrole nitrogens is 1. The smallest absolute Gasteiger partial charge is 0.306 e. The summed E-state index contributed by atoms with van der Waals surface area (Å²) in [6.07, 6.45) is 2.41. The van der Waals surface area contributed by atoms with E-state index in [1.807, 2.05) is 34.9 Å². The number of hydrogen-bond acceptors (Lipinski definition) is 4. The van der Waals surface area contributed by atoms with Gasteiger partial charge in [0.2, 0.25) is 0 Å². The quantitative estimate of drug-likeness (QED) is 0.692. The van der Waals surface area contributed by atoms with E-state index in [1.165, 1.54) is 0 Å². The van der Waals surface area contributed by atoms with Crippen molar-refractivity contribution in [2.45, 2.75) is 30.2 Å². The fourth-order valence-electron chi connectivity index (χ4n) is 4.06. The molecule has 1 saturated heterocycles. The lowest BCUT2D eigenvalue weighted by Crippen LogP contribution is -2.37. The van der Waals surface area contributed by atoms with Crippen LogP contribution in [0.15, 0.2) is 64.3 Å². The molecule has 7 heteroatoms. The third kappa shape index (κ3) is 3.91. The van der Waals surface area contributed by atoms with Crippen LogP contribution in [0.5, 0.6) is 0 Å². The number of sulfone groups is 1. The highest BCUT2D eigenvalue weighted by atomic mass is 32.2. The number of aromatic amines is 1. The van der Waals surface area contributed by atoms with Gasteiger partial charge < -0.3 is 9.88 Å². The summed E-state index contributed by atoms with van der Waals surface area (Å²) < 4.78 is 26.6. The molecule has 6 nitrogen and oxygen atoms in total. The van der Waals surface area contributed by atoms with Gasteiger partial charge in [-0.15, -0.1) is 0 Å². The number of benzene rings is 2. The molecule has 4 rings (SSSR count). The number of nitrogens with zero attached hydrogens (tertiary/aromatic N) is 2. The van der Waals surface area contributed by atoms with Gasteiger partial charge in [0.1, 0.15) is 0 Å². The summed E-state index contributed by atoms with van der Waals surface area (Å²) in [5, 5.41) is 0. The fraction of sp³-hybridized carbons (Fsp3) is 0.381. The summed E-state index contributed by atoms with van der Waals surface area (Å²) in [4.78, 5) is 18.0. The Bertz CT molecular complexity index is 1090. The van der Waals surface area contributed by atoms with E-state index in [1.54, 1.807) is 24.3 Å². The van der Waals surface area contributed by atoms with E-state index in [2.05, 4.69) is 9.88 Å². The van der Waals surface area contributed by atoms with Gasteiger partial charge in [0.15, 0.2) is 9.84 Å². The molecule has 1 aliphatic rings. The number of fused-ring (bicyclic) bond motifs is 1. The van der Waals surface area contributed by atoms with Crippen LogP contribution in [-0.4, -0.2) is 48.3 Å². The van der Waals surface area contributed by atoms with Crippen molar-refractivity contribution in [3.8, 4) is 0 Å². The minimum Gasteiger partial charge on any atom is -0.306 e. The van der Waals surface area contributed by atoms with E-state index in [0.717, 1.165) is 43.5 Å². The van der Waals surface area contributed by atoms with Crippen LogP contribution in [0, 0.1) is 0 Å². The molecule has 1 N–H and O–H groups in total. The lowest BCUT2D eigenvalue weighted by Gasteiger charge is -2.32. The molecular weight excluding hydrogens is 374 g/mol. The summed E-state index contributed by atoms with van der Waals surface area (Å²) in [6, 6.07) is 16.6. The number of aromatic nitrogens is 2. The first kappa shape index (κ1) is 19.0. The van der Waals surface area contributed by atoms with Crippen molar-refractivity contribution >= 4 is 20.9 Å². The molecule has 1 fully saturated rings. The summed E-state index contributed by atoms with van der Waals surface area (Å²) in [6.45, 7) is 2.52. The second-order valence-corrected chi connectivity index (χ2v) is 9.48. The van der Waals surface area contributed by atoms with E-state index in [9.17, 15) is 13.2 Å². The van der Waals surface area contributed by atoms with Crippen molar-refractivity contribution in [1.82, 2.24) is 14.5 Å². The van der Waals surface area contributed by atoms with Crippen LogP contribution in [0.3, 0.4) is 0 Å². The lowest BCUT2D eigenvalue weighted by atomic mass is 10.0. The van der Waals surface area contributed by atoms with Crippen LogP contribution < -0.4 is 5.69 Å². The fourth-order valence-corrected chi connectivity index (χ4v) is 5.38. The van der Waals surface area contributed by atoms with Gasteiger partial charge in [-0.2, -0.15) is 0 Å². The molecule has 0 radical (unpaired) electrons. The SMILES string of the molecule is O=c1[nH]c2ccccc2n1C1CCN(CCCS(=O)(=O)c2ccccc2)CC1. The Morgan fingerprint density at radius 1 is 0.964 bits per heavy atom. The molecule has 0 amide bonds. The average Bonchev–Trinajstić information content (AvgIpc) is 3.05. The van der Waals surface area contributed by atoms with Crippen LogP contribution in [0.25, 0.3) is 11.0 Å². The molecule has 3 aromatic rings. The predicted octanol–water partition coefficient (Wildman–Crippen LogP) is 2.83. The number of hydrogen-bond donors (Lipinski definition) is 1. The van der Waals surface area contributed by atoms with E-state index in [4.69, 9.17) is 0 Å². The maximum absolute atomic E-state index is 12.4. The maximum Gasteiger partial charge on any atom is 0.326 e. The first-order valence-electron chi connectivity index (χ1n) is 9.74. The zero-order chi connectivity index (χ0) is 19.6. The molecule has 0 atom stereocenters. The number of rotatable bonds is 6. The molecule has 2 aromatic carbocycles. The highest BCUT2D eigenvalue weighted by Crippen LogP contribution is 2.25. The summed E-state index contributed by atoms with van der Waals surface area (Å²) in [5.41, 5.74) is 1.79. The van der Waals surface area contributed by atoms with Gasteiger partial charge in [0.25, 0.3) is 0 Å². The third-order valence-corrected chi connectivity index (χ3v) is 7.35. The molecule has 0 unspecified atom stereocenters. The second-order valence-electron chi connectivity index (χ2n) is 7.38. The van der Waals surface area contributed by atoms with Crippen LogP contribution in [-0.2, 0) is 9.84 Å². The molecule has 1 aliphatic heterocycles. The summed E-state index contributed by atoms with van der Waals surface area (Å²) in [7, 11) is -3.21. The predicted molar refractivity (Wildman–Crippen MR) is 110 cm³/mol. The van der Waals surface area contributed by atoms with Crippen molar-refractivity contribution in [3.63, 3.8) is 0 Å². The maximum atomic E-state index is 12.4. The minimum absolute atomic E-state index is 0.0476. The molecule has 1 aromatic heterocycles. The van der Waals surface area contributed by atoms with Gasteiger partial charge in [0, 0.05) is 19.1 Å². The second kappa shape index (κ2) is 7.93. The number of para-hydroxylation sites is 2. The number of nitrogens with one attached hydrogen (secondary N) is 1. The molecule has 2 heterocycles. The van der Waals surface area contributed by atoms with E-state index >= 15 is 0 Å². The van der Waals surface area contributed by atoms with Crippen LogP contribution in [0.2, 0.25) is 0 Å². The van der Waals surface area contributed by atoms with Crippen LogP contribution in [0.4, 0.5) is 0 Å². The first-order valence-corrected chi connectivity index (χ1v) is 11.4. The van der Waals surface area contributed by atoms with Crippen molar-refractivity contribution in [1.29, 1.82) is 0 Å². The van der Waals surface area contributed by atoms with Gasteiger partial charge in [-0.05, 0) is 50.1 Å². The highest BCUT2D eigenvalue weighted by molar-refractivity contribution is 7.91. The van der Waals surface area contributed by atoms with E-state index < -0.39 is 9.84 Å². The van der Waals surface area contributed by atoms with Gasteiger partial charge in [-0.3, -0.25) is 4.57 Å². The molecule has 148 valence electrons. The standard InChI is InChI=1S/C21H25N3O3S/c25-21-22-19-9-4-5-10-20(19)24(21)17-11-14-23(15-12-17)13-6-16-28(26,27)18-7-2-1-3-8-18/h1-5,7-10,17H,6,11-16H2,(H,22,25). The van der Waals surface area contributed by atoms with E-state index in [-0.39, 0.29) is 17.5 Å². The first-order chi connectivity index (χ1) is 13.5. The summed E-state index contributed by atoms with van der Waals surface area (Å²) in [5.74, 6) is 0.166. The Morgan fingerprint density at radius 2 is 1.64 bits per heavy atom. The van der Waals surface area contributed by atoms with E-state index in [0.29, 0.717) is 11.3 Å². The Balaban J connectivity index is 1.32. The summed E-state index contributed by atoms with van der Waals surface area (Å²) >= 11 is 0. The average molecular weight is 400 g/mol. The zero-order valence-corrected chi connectivity index (χ0v) is 16.6. The normalized spacial score (nSPS) is 16.6. The minimum atomic E-state index is -3.21. The zero-order valence-electron chi connectivity index (χ0n) is 15.8. The van der Waals surface area contributed by atoms with Gasteiger partial charge in [0.05, 0.1) is 21.7 Å². The molecule has 0 bridgehead atoms. The molecular formula is C21H25N3O3S. The Labute approximate surface area is 164 Å². The van der Waals surface area contributed by atoms with Crippen molar-refractivity contribution in [2.75, 3.05) is 25.4 Å². The third-order valence-electron chi connectivity index (χ3n) is 5.54. The Hall–Kier alpha value is -2.38. The number of likely N-dealkylation sites (tertiary alicyclic amines) is 1. The monoisotopic (exact) mass is 399 g/mol. The van der Waals surface area contributed by atoms with Crippen molar-refractivity contribution < 1.29 is 8.42 Å². The topological polar surface area (TPSA) is 75.2 Å². The molecule has 0 spiro atoms.